The van der Waals surface area contributed by atoms with Gasteiger partial charge in [0.15, 0.2) is 0 Å². The van der Waals surface area contributed by atoms with Gasteiger partial charge in [-0.25, -0.2) is 0 Å². The van der Waals surface area contributed by atoms with E-state index in [0.717, 1.165) is 19.4 Å². The molecule has 0 aromatic heterocycles. The lowest BCUT2D eigenvalue weighted by molar-refractivity contribution is -0.921. The second-order valence-corrected chi connectivity index (χ2v) is 6.65. The summed E-state index contributed by atoms with van der Waals surface area (Å²) in [5.41, 5.74) is 1.89. The molecule has 0 bridgehead atoms. The molecule has 2 aromatic rings. The van der Waals surface area contributed by atoms with E-state index in [1.54, 1.807) is 12.1 Å². The van der Waals surface area contributed by atoms with Crippen molar-refractivity contribution in [2.75, 3.05) is 13.1 Å². The predicted octanol–water partition coefficient (Wildman–Crippen LogP) is 2.72. The molecule has 138 valence electrons. The van der Waals surface area contributed by atoms with Crippen molar-refractivity contribution in [3.05, 3.63) is 88.5 Å². The summed E-state index contributed by atoms with van der Waals surface area (Å²) in [5.74, 6) is 0. The van der Waals surface area contributed by atoms with E-state index >= 15 is 0 Å². The first-order chi connectivity index (χ1) is 12.5. The number of nitrogens with one attached hydrogen (secondary N) is 1. The van der Waals surface area contributed by atoms with E-state index in [2.05, 4.69) is 25.6 Å². The fraction of sp³-hybridized carbons (Fsp3) is 0.333. The number of benzene rings is 2. The summed E-state index contributed by atoms with van der Waals surface area (Å²) in [6.07, 6.45) is 3.09. The number of rotatable bonds is 10. The summed E-state index contributed by atoms with van der Waals surface area (Å²) in [5, 5.41) is 21.5. The van der Waals surface area contributed by atoms with Crippen molar-refractivity contribution >= 4 is 5.69 Å². The molecule has 2 N–H and O–H groups in total. The summed E-state index contributed by atoms with van der Waals surface area (Å²) < 4.78 is 0. The van der Waals surface area contributed by atoms with Gasteiger partial charge in [0.05, 0.1) is 17.5 Å². The fourth-order valence-corrected chi connectivity index (χ4v) is 3.11. The predicted molar refractivity (Wildman–Crippen MR) is 103 cm³/mol. The van der Waals surface area contributed by atoms with Gasteiger partial charge in [0, 0.05) is 18.6 Å². The van der Waals surface area contributed by atoms with Crippen LogP contribution in [0.1, 0.15) is 30.6 Å². The number of aryl methyl sites for hydroxylation is 1. The van der Waals surface area contributed by atoms with Gasteiger partial charge < -0.3 is 10.0 Å². The second kappa shape index (κ2) is 9.85. The Balaban J connectivity index is 2.00. The highest BCUT2D eigenvalue weighted by atomic mass is 16.6. The molecule has 0 aliphatic rings. The largest absolute Gasteiger partial charge is 0.382 e. The van der Waals surface area contributed by atoms with Crippen molar-refractivity contribution in [3.8, 4) is 0 Å². The Hall–Kier alpha value is -2.50. The Morgan fingerprint density at radius 2 is 1.96 bits per heavy atom. The quantitative estimate of drug-likeness (QED) is 0.391. The second-order valence-electron chi connectivity index (χ2n) is 6.65. The van der Waals surface area contributed by atoms with E-state index in [9.17, 15) is 15.2 Å². The van der Waals surface area contributed by atoms with Crippen LogP contribution in [0.25, 0.3) is 0 Å². The SMILES string of the molecule is C=CC[NH+](C[C@H](O)c1cccc([N+](=O)[O-])c1)[C@H](C)CCc1ccccc1. The zero-order valence-corrected chi connectivity index (χ0v) is 15.2. The lowest BCUT2D eigenvalue weighted by Gasteiger charge is -2.27. The van der Waals surface area contributed by atoms with Crippen LogP contribution in [0.3, 0.4) is 0 Å². The number of hydrogen-bond acceptors (Lipinski definition) is 3. The molecule has 5 nitrogen and oxygen atoms in total. The van der Waals surface area contributed by atoms with E-state index in [4.69, 9.17) is 0 Å². The summed E-state index contributed by atoms with van der Waals surface area (Å²) in [4.78, 5) is 11.7. The highest BCUT2D eigenvalue weighted by Gasteiger charge is 2.22. The zero-order valence-electron chi connectivity index (χ0n) is 15.2. The molecule has 0 saturated heterocycles. The molecule has 0 radical (unpaired) electrons. The topological polar surface area (TPSA) is 67.8 Å². The standard InChI is InChI=1S/C21H26N2O3/c1-3-14-22(17(2)12-13-18-8-5-4-6-9-18)16-21(24)19-10-7-11-20(15-19)23(25)26/h3-11,15,17,21,24H,1,12-14,16H2,2H3/p+1/t17-,21+/m1/s1. The zero-order chi connectivity index (χ0) is 18.9. The van der Waals surface area contributed by atoms with Crippen molar-refractivity contribution < 1.29 is 14.9 Å². The minimum absolute atomic E-state index is 0.00365. The highest BCUT2D eigenvalue weighted by molar-refractivity contribution is 5.35. The average Bonchev–Trinajstić information content (AvgIpc) is 2.66. The number of nitro benzene ring substituents is 1. The van der Waals surface area contributed by atoms with Gasteiger partial charge in [-0.15, -0.1) is 0 Å². The maximum atomic E-state index is 10.9. The molecule has 2 aromatic carbocycles. The molecular formula is C21H27N2O3+. The maximum Gasteiger partial charge on any atom is 0.269 e. The Morgan fingerprint density at radius 3 is 2.62 bits per heavy atom. The summed E-state index contributed by atoms with van der Waals surface area (Å²) in [7, 11) is 0. The van der Waals surface area contributed by atoms with Gasteiger partial charge in [-0.05, 0) is 30.5 Å². The highest BCUT2D eigenvalue weighted by Crippen LogP contribution is 2.18. The minimum Gasteiger partial charge on any atom is -0.382 e. The lowest BCUT2D eigenvalue weighted by atomic mass is 10.0. The molecule has 5 heteroatoms. The van der Waals surface area contributed by atoms with Crippen LogP contribution < -0.4 is 4.90 Å². The van der Waals surface area contributed by atoms with Gasteiger partial charge in [-0.2, -0.15) is 0 Å². The molecule has 0 spiro atoms. The van der Waals surface area contributed by atoms with Crippen molar-refractivity contribution in [2.45, 2.75) is 31.9 Å². The number of aliphatic hydroxyl groups excluding tert-OH is 1. The van der Waals surface area contributed by atoms with Gasteiger partial charge >= 0.3 is 0 Å². The Morgan fingerprint density at radius 1 is 1.23 bits per heavy atom. The van der Waals surface area contributed by atoms with Crippen LogP contribution in [0.15, 0.2) is 67.3 Å². The Kier molecular flexibility index (Phi) is 7.51. The van der Waals surface area contributed by atoms with Gasteiger partial charge in [-0.3, -0.25) is 10.1 Å². The molecule has 26 heavy (non-hydrogen) atoms. The van der Waals surface area contributed by atoms with Crippen molar-refractivity contribution in [2.24, 2.45) is 0 Å². The van der Waals surface area contributed by atoms with Crippen molar-refractivity contribution in [3.63, 3.8) is 0 Å². The molecule has 0 fully saturated rings. The number of non-ortho nitro benzene ring substituents is 1. The molecule has 0 heterocycles. The number of nitrogens with zero attached hydrogens (tertiary/aromatic N) is 1. The van der Waals surface area contributed by atoms with E-state index in [-0.39, 0.29) is 5.69 Å². The number of hydrogen-bond donors (Lipinski definition) is 2. The first-order valence-electron chi connectivity index (χ1n) is 8.93. The molecule has 3 atom stereocenters. The summed E-state index contributed by atoms with van der Waals surface area (Å²) >= 11 is 0. The third-order valence-corrected chi connectivity index (χ3v) is 4.73. The van der Waals surface area contributed by atoms with Crippen LogP contribution in [-0.2, 0) is 6.42 Å². The van der Waals surface area contributed by atoms with Gasteiger partial charge in [0.2, 0.25) is 0 Å². The van der Waals surface area contributed by atoms with Crippen LogP contribution in [0.4, 0.5) is 5.69 Å². The van der Waals surface area contributed by atoms with Crippen LogP contribution in [0.2, 0.25) is 0 Å². The first-order valence-corrected chi connectivity index (χ1v) is 8.93. The van der Waals surface area contributed by atoms with Crippen LogP contribution in [-0.4, -0.2) is 29.2 Å². The van der Waals surface area contributed by atoms with Crippen molar-refractivity contribution in [1.82, 2.24) is 0 Å². The van der Waals surface area contributed by atoms with Crippen molar-refractivity contribution in [1.29, 1.82) is 0 Å². The smallest absolute Gasteiger partial charge is 0.269 e. The van der Waals surface area contributed by atoms with E-state index in [1.807, 2.05) is 24.3 Å². The van der Waals surface area contributed by atoms with Gasteiger partial charge in [0.25, 0.3) is 5.69 Å². The Labute approximate surface area is 154 Å². The third-order valence-electron chi connectivity index (χ3n) is 4.73. The number of nitro groups is 1. The molecule has 0 saturated carbocycles. The lowest BCUT2D eigenvalue weighted by Crippen LogP contribution is -3.15. The molecule has 0 amide bonds. The normalized spacial score (nSPS) is 14.4. The van der Waals surface area contributed by atoms with Crippen LogP contribution in [0.5, 0.6) is 0 Å². The summed E-state index contributed by atoms with van der Waals surface area (Å²) in [6, 6.07) is 16.9. The fourth-order valence-electron chi connectivity index (χ4n) is 3.11. The number of aliphatic hydroxyl groups is 1. The molecule has 0 aliphatic heterocycles. The Bertz CT molecular complexity index is 718. The van der Waals surface area contributed by atoms with Crippen LogP contribution >= 0.6 is 0 Å². The van der Waals surface area contributed by atoms with Gasteiger partial charge in [0.1, 0.15) is 12.6 Å². The number of quaternary nitrogens is 1. The molecule has 1 unspecified atom stereocenters. The molecule has 2 rings (SSSR count). The molecule has 0 aliphatic carbocycles. The molecular weight excluding hydrogens is 328 g/mol. The average molecular weight is 355 g/mol. The van der Waals surface area contributed by atoms with Gasteiger partial charge in [-0.1, -0.05) is 49.0 Å². The third kappa shape index (κ3) is 5.79. The monoisotopic (exact) mass is 355 g/mol. The minimum atomic E-state index is -0.746. The first kappa shape index (κ1) is 19.8. The van der Waals surface area contributed by atoms with E-state index in [0.29, 0.717) is 18.2 Å². The van der Waals surface area contributed by atoms with E-state index < -0.39 is 11.0 Å². The maximum absolute atomic E-state index is 10.9. The van der Waals surface area contributed by atoms with E-state index in [1.165, 1.54) is 22.6 Å². The summed E-state index contributed by atoms with van der Waals surface area (Å²) in [6.45, 7) is 7.22. The van der Waals surface area contributed by atoms with Crippen LogP contribution in [0, 0.1) is 10.1 Å².